The van der Waals surface area contributed by atoms with E-state index >= 15 is 0 Å². The van der Waals surface area contributed by atoms with Crippen LogP contribution in [-0.4, -0.2) is 35.5 Å². The summed E-state index contributed by atoms with van der Waals surface area (Å²) >= 11 is 1.50. The summed E-state index contributed by atoms with van der Waals surface area (Å²) in [6, 6.07) is 8.22. The number of amides is 1. The van der Waals surface area contributed by atoms with Crippen LogP contribution < -0.4 is 4.74 Å². The molecule has 1 aromatic heterocycles. The summed E-state index contributed by atoms with van der Waals surface area (Å²) in [7, 11) is 1.66. The number of nitrogens with zero attached hydrogens (tertiary/aromatic N) is 2. The van der Waals surface area contributed by atoms with Crippen LogP contribution in [0.25, 0.3) is 10.6 Å². The molecule has 0 spiro atoms. The summed E-state index contributed by atoms with van der Waals surface area (Å²) in [5.41, 5.74) is 1.85. The van der Waals surface area contributed by atoms with Crippen LogP contribution in [0.2, 0.25) is 0 Å². The first-order valence-electron chi connectivity index (χ1n) is 9.06. The van der Waals surface area contributed by atoms with E-state index < -0.39 is 0 Å². The largest absolute Gasteiger partial charge is 0.497 e. The molecule has 0 atom stereocenters. The van der Waals surface area contributed by atoms with Crippen LogP contribution in [0.15, 0.2) is 24.3 Å². The lowest BCUT2D eigenvalue weighted by Crippen LogP contribution is -2.41. The molecule has 4 nitrogen and oxygen atoms in total. The molecule has 1 saturated carbocycles. The Morgan fingerprint density at radius 3 is 2.52 bits per heavy atom. The maximum atomic E-state index is 13.1. The van der Waals surface area contributed by atoms with E-state index in [9.17, 15) is 4.79 Å². The minimum absolute atomic E-state index is 0.143. The number of hydrogen-bond donors (Lipinski definition) is 0. The Bertz CT molecular complexity index is 718. The van der Waals surface area contributed by atoms with Gasteiger partial charge in [0.15, 0.2) is 0 Å². The molecule has 3 rings (SSSR count). The molecule has 0 radical (unpaired) electrons. The Morgan fingerprint density at radius 2 is 1.92 bits per heavy atom. The monoisotopic (exact) mass is 358 g/mol. The number of aryl methyl sites for hydroxylation is 1. The lowest BCUT2D eigenvalue weighted by Gasteiger charge is -2.33. The van der Waals surface area contributed by atoms with Crippen LogP contribution in [0, 0.1) is 6.92 Å². The highest BCUT2D eigenvalue weighted by Crippen LogP contribution is 2.31. The minimum Gasteiger partial charge on any atom is -0.497 e. The van der Waals surface area contributed by atoms with Crippen molar-refractivity contribution in [1.29, 1.82) is 0 Å². The van der Waals surface area contributed by atoms with Gasteiger partial charge in [0.25, 0.3) is 5.91 Å². The van der Waals surface area contributed by atoms with Crippen molar-refractivity contribution in [2.24, 2.45) is 0 Å². The smallest absolute Gasteiger partial charge is 0.266 e. The standard InChI is InChI=1S/C20H26N2O2S/c1-4-22(16-8-6-5-7-9-16)20(23)18-14(2)21-19(25-18)15-10-12-17(24-3)13-11-15/h10-13,16H,4-9H2,1-3H3. The number of methoxy groups -OCH3 is 1. The van der Waals surface area contributed by atoms with Crippen molar-refractivity contribution in [3.05, 3.63) is 34.8 Å². The van der Waals surface area contributed by atoms with Gasteiger partial charge in [-0.2, -0.15) is 0 Å². The van der Waals surface area contributed by atoms with Gasteiger partial charge in [-0.1, -0.05) is 19.3 Å². The van der Waals surface area contributed by atoms with Crippen LogP contribution in [0.3, 0.4) is 0 Å². The average Bonchev–Trinajstić information content (AvgIpc) is 3.05. The molecule has 1 aliphatic carbocycles. The summed E-state index contributed by atoms with van der Waals surface area (Å²) < 4.78 is 5.21. The molecule has 1 aliphatic rings. The third-order valence-electron chi connectivity index (χ3n) is 4.94. The second-order valence-corrected chi connectivity index (χ2v) is 7.54. The maximum absolute atomic E-state index is 13.1. The fourth-order valence-corrected chi connectivity index (χ4v) is 4.57. The number of rotatable bonds is 5. The molecule has 1 aromatic carbocycles. The molecule has 25 heavy (non-hydrogen) atoms. The Hall–Kier alpha value is -1.88. The van der Waals surface area contributed by atoms with Crippen molar-refractivity contribution in [3.8, 4) is 16.3 Å². The fourth-order valence-electron chi connectivity index (χ4n) is 3.54. The number of carbonyl (C=O) groups is 1. The summed E-state index contributed by atoms with van der Waals surface area (Å²) in [4.78, 5) is 20.6. The van der Waals surface area contributed by atoms with Crippen molar-refractivity contribution in [1.82, 2.24) is 9.88 Å². The first-order chi connectivity index (χ1) is 12.1. The van der Waals surface area contributed by atoms with E-state index in [2.05, 4.69) is 16.8 Å². The highest BCUT2D eigenvalue weighted by Gasteiger charge is 2.27. The Balaban J connectivity index is 1.83. The Kier molecular flexibility index (Phi) is 5.74. The SMILES string of the molecule is CCN(C(=O)c1sc(-c2ccc(OC)cc2)nc1C)C1CCCCC1. The van der Waals surface area contributed by atoms with Crippen molar-refractivity contribution < 1.29 is 9.53 Å². The van der Waals surface area contributed by atoms with Crippen LogP contribution in [0.1, 0.15) is 54.4 Å². The normalized spacial score (nSPS) is 15.2. The average molecular weight is 359 g/mol. The van der Waals surface area contributed by atoms with Crippen LogP contribution in [0.5, 0.6) is 5.75 Å². The first kappa shape index (κ1) is 17.9. The minimum atomic E-state index is 0.143. The molecule has 0 bridgehead atoms. The number of aromatic nitrogens is 1. The van der Waals surface area contributed by atoms with Gasteiger partial charge in [0.2, 0.25) is 0 Å². The number of ether oxygens (including phenoxy) is 1. The summed E-state index contributed by atoms with van der Waals surface area (Å²) in [6.45, 7) is 4.78. The van der Waals surface area contributed by atoms with E-state index in [1.165, 1.54) is 30.6 Å². The van der Waals surface area contributed by atoms with Crippen LogP contribution >= 0.6 is 11.3 Å². The molecular formula is C20H26N2O2S. The fraction of sp³-hybridized carbons (Fsp3) is 0.500. The molecule has 134 valence electrons. The van der Waals surface area contributed by atoms with E-state index in [4.69, 9.17) is 4.74 Å². The van der Waals surface area contributed by atoms with E-state index in [1.807, 2.05) is 31.2 Å². The molecular weight excluding hydrogens is 332 g/mol. The van der Waals surface area contributed by atoms with Crippen molar-refractivity contribution in [2.45, 2.75) is 52.0 Å². The van der Waals surface area contributed by atoms with Crippen molar-refractivity contribution in [3.63, 3.8) is 0 Å². The van der Waals surface area contributed by atoms with Gasteiger partial charge < -0.3 is 9.64 Å². The topological polar surface area (TPSA) is 42.4 Å². The van der Waals surface area contributed by atoms with Gasteiger partial charge >= 0.3 is 0 Å². The van der Waals surface area contributed by atoms with E-state index in [1.54, 1.807) is 7.11 Å². The van der Waals surface area contributed by atoms with Gasteiger partial charge in [-0.25, -0.2) is 4.98 Å². The van der Waals surface area contributed by atoms with Gasteiger partial charge in [-0.15, -0.1) is 11.3 Å². The number of thiazole rings is 1. The van der Waals surface area contributed by atoms with Crippen molar-refractivity contribution >= 4 is 17.2 Å². The van der Waals surface area contributed by atoms with Crippen LogP contribution in [0.4, 0.5) is 0 Å². The number of hydrogen-bond acceptors (Lipinski definition) is 4. The predicted octanol–water partition coefficient (Wildman–Crippen LogP) is 4.92. The number of carbonyl (C=O) groups excluding carboxylic acids is 1. The van der Waals surface area contributed by atoms with E-state index in [-0.39, 0.29) is 5.91 Å². The predicted molar refractivity (Wildman–Crippen MR) is 102 cm³/mol. The van der Waals surface area contributed by atoms with Gasteiger partial charge in [-0.3, -0.25) is 4.79 Å². The zero-order valence-electron chi connectivity index (χ0n) is 15.2. The van der Waals surface area contributed by atoms with Gasteiger partial charge in [0.05, 0.1) is 12.8 Å². The summed E-state index contributed by atoms with van der Waals surface area (Å²) in [5.74, 6) is 0.965. The molecule has 5 heteroatoms. The lowest BCUT2D eigenvalue weighted by molar-refractivity contribution is 0.0652. The van der Waals surface area contributed by atoms with Gasteiger partial charge in [0.1, 0.15) is 15.6 Å². The molecule has 1 amide bonds. The zero-order chi connectivity index (χ0) is 17.8. The lowest BCUT2D eigenvalue weighted by atomic mass is 9.94. The summed E-state index contributed by atoms with van der Waals surface area (Å²) in [6.07, 6.45) is 6.01. The molecule has 0 unspecified atom stereocenters. The molecule has 2 aromatic rings. The van der Waals surface area contributed by atoms with E-state index in [0.717, 1.165) is 46.3 Å². The zero-order valence-corrected chi connectivity index (χ0v) is 16.1. The van der Waals surface area contributed by atoms with Gasteiger partial charge in [-0.05, 0) is 51.0 Å². The highest BCUT2D eigenvalue weighted by atomic mass is 32.1. The first-order valence-corrected chi connectivity index (χ1v) is 9.88. The highest BCUT2D eigenvalue weighted by molar-refractivity contribution is 7.17. The third kappa shape index (κ3) is 3.87. The molecule has 1 fully saturated rings. The van der Waals surface area contributed by atoms with E-state index in [0.29, 0.717) is 6.04 Å². The Morgan fingerprint density at radius 1 is 1.24 bits per heavy atom. The second kappa shape index (κ2) is 8.00. The van der Waals surface area contributed by atoms with Crippen molar-refractivity contribution in [2.75, 3.05) is 13.7 Å². The molecule has 0 saturated heterocycles. The van der Waals surface area contributed by atoms with Crippen LogP contribution in [-0.2, 0) is 0 Å². The quantitative estimate of drug-likeness (QED) is 0.762. The third-order valence-corrected chi connectivity index (χ3v) is 6.14. The second-order valence-electron chi connectivity index (χ2n) is 6.55. The molecule has 0 aliphatic heterocycles. The molecule has 1 heterocycles. The number of benzene rings is 1. The van der Waals surface area contributed by atoms with Gasteiger partial charge in [0, 0.05) is 18.2 Å². The molecule has 0 N–H and O–H groups in total. The summed E-state index contributed by atoms with van der Waals surface area (Å²) in [5, 5.41) is 0.892. The Labute approximate surface area is 153 Å². The maximum Gasteiger partial charge on any atom is 0.266 e.